The number of amides is 3. The Morgan fingerprint density at radius 2 is 1.86 bits per heavy atom. The molecule has 0 radical (unpaired) electrons. The number of anilines is 1. The van der Waals surface area contributed by atoms with E-state index in [2.05, 4.69) is 15.3 Å². The van der Waals surface area contributed by atoms with Gasteiger partial charge >= 0.3 is 12.0 Å². The van der Waals surface area contributed by atoms with Crippen LogP contribution in [0.15, 0.2) is 61.1 Å². The highest BCUT2D eigenvalue weighted by Gasteiger charge is 2.55. The van der Waals surface area contributed by atoms with Gasteiger partial charge in [0.25, 0.3) is 0 Å². The van der Waals surface area contributed by atoms with Gasteiger partial charge in [0.1, 0.15) is 17.3 Å². The van der Waals surface area contributed by atoms with E-state index in [0.29, 0.717) is 28.2 Å². The molecule has 0 spiro atoms. The fraction of sp³-hybridized carbons (Fsp3) is 0.240. The van der Waals surface area contributed by atoms with E-state index >= 15 is 0 Å². The molecule has 1 aliphatic rings. The van der Waals surface area contributed by atoms with Crippen LogP contribution in [0.2, 0.25) is 0 Å². The number of likely N-dealkylation sites (tertiary alicyclic amines) is 1. The van der Waals surface area contributed by atoms with Gasteiger partial charge in [-0.25, -0.2) is 19.5 Å². The third-order valence-corrected chi connectivity index (χ3v) is 5.99. The fourth-order valence-electron chi connectivity index (χ4n) is 4.21. The van der Waals surface area contributed by atoms with Crippen molar-refractivity contribution in [2.75, 3.05) is 20.0 Å². The van der Waals surface area contributed by atoms with Gasteiger partial charge in [0.15, 0.2) is 6.04 Å². The number of ether oxygens (including phenoxy) is 2. The summed E-state index contributed by atoms with van der Waals surface area (Å²) in [5.74, 6) is -1.50. The highest BCUT2D eigenvalue weighted by Crippen LogP contribution is 2.33. The molecule has 3 amide bonds. The average Bonchev–Trinajstić information content (AvgIpc) is 2.88. The summed E-state index contributed by atoms with van der Waals surface area (Å²) in [5, 5.41) is 12.6. The first-order valence-corrected chi connectivity index (χ1v) is 11.0. The van der Waals surface area contributed by atoms with Gasteiger partial charge in [-0.15, -0.1) is 0 Å². The quantitative estimate of drug-likeness (QED) is 0.401. The lowest BCUT2D eigenvalue weighted by atomic mass is 9.82. The lowest BCUT2D eigenvalue weighted by Crippen LogP contribution is -2.68. The third kappa shape index (κ3) is 4.90. The highest BCUT2D eigenvalue weighted by molar-refractivity contribution is 6.07. The topological polar surface area (TPSA) is 157 Å². The van der Waals surface area contributed by atoms with E-state index in [1.165, 1.54) is 26.6 Å². The van der Waals surface area contributed by atoms with Crippen LogP contribution >= 0.6 is 0 Å². The van der Waals surface area contributed by atoms with Crippen LogP contribution in [0.5, 0.6) is 11.5 Å². The van der Waals surface area contributed by atoms with Crippen LogP contribution in [0.25, 0.3) is 0 Å². The molecule has 3 aromatic rings. The van der Waals surface area contributed by atoms with E-state index in [0.717, 1.165) is 4.90 Å². The minimum atomic E-state index is -1.33. The van der Waals surface area contributed by atoms with Crippen LogP contribution in [0, 0.1) is 5.92 Å². The Morgan fingerprint density at radius 3 is 2.56 bits per heavy atom. The Balaban J connectivity index is 1.61. The van der Waals surface area contributed by atoms with Crippen LogP contribution in [0.3, 0.4) is 0 Å². The summed E-state index contributed by atoms with van der Waals surface area (Å²) in [5.41, 5.74) is 7.56. The third-order valence-electron chi connectivity index (χ3n) is 5.99. The molecular weight excluding hydrogens is 466 g/mol. The summed E-state index contributed by atoms with van der Waals surface area (Å²) in [6.45, 7) is 0. The number of pyridine rings is 2. The number of carboxylic acid groups (broad SMARTS) is 1. The number of hydrogen-bond acceptors (Lipinski definition) is 8. The number of carbonyl (C=O) groups is 3. The molecule has 0 bridgehead atoms. The van der Waals surface area contributed by atoms with Crippen LogP contribution in [-0.4, -0.2) is 58.1 Å². The molecule has 0 aliphatic carbocycles. The predicted octanol–water partition coefficient (Wildman–Crippen LogP) is 2.03. The number of carboxylic acids is 1. The average molecular weight is 492 g/mol. The van der Waals surface area contributed by atoms with Gasteiger partial charge in [0, 0.05) is 18.0 Å². The maximum atomic E-state index is 13.3. The van der Waals surface area contributed by atoms with E-state index < -0.39 is 35.9 Å². The van der Waals surface area contributed by atoms with Crippen molar-refractivity contribution in [2.45, 2.75) is 18.5 Å². The Bertz CT molecular complexity index is 1250. The summed E-state index contributed by atoms with van der Waals surface area (Å²) in [6, 6.07) is 8.99. The van der Waals surface area contributed by atoms with E-state index in [-0.39, 0.29) is 12.2 Å². The second-order valence-electron chi connectivity index (χ2n) is 8.21. The molecule has 1 fully saturated rings. The molecule has 1 saturated heterocycles. The number of hydrogen-bond donors (Lipinski definition) is 3. The molecule has 186 valence electrons. The molecular formula is C25H25N5O6. The fourth-order valence-corrected chi connectivity index (χ4v) is 4.21. The normalized spacial score (nSPS) is 17.6. The lowest BCUT2D eigenvalue weighted by molar-refractivity contribution is -0.165. The summed E-state index contributed by atoms with van der Waals surface area (Å²) in [7, 11) is 3.01. The molecule has 3 atom stereocenters. The van der Waals surface area contributed by atoms with Gasteiger partial charge in [0.05, 0.1) is 32.4 Å². The molecule has 11 nitrogen and oxygen atoms in total. The van der Waals surface area contributed by atoms with Crippen molar-refractivity contribution in [3.8, 4) is 11.5 Å². The number of β-lactam (4-membered cyclic amide) rings is 1. The number of benzene rings is 1. The number of nitrogens with one attached hydrogen (secondary N) is 1. The minimum absolute atomic E-state index is 0.116. The number of rotatable bonds is 8. The van der Waals surface area contributed by atoms with E-state index in [1.807, 2.05) is 0 Å². The van der Waals surface area contributed by atoms with Crippen molar-refractivity contribution < 1.29 is 29.0 Å². The Kier molecular flexibility index (Phi) is 7.00. The molecule has 2 aromatic heterocycles. The maximum Gasteiger partial charge on any atom is 0.327 e. The number of nitrogens with two attached hydrogens (primary N) is 1. The summed E-state index contributed by atoms with van der Waals surface area (Å²) in [4.78, 5) is 47.1. The Morgan fingerprint density at radius 1 is 1.11 bits per heavy atom. The largest absolute Gasteiger partial charge is 0.497 e. The van der Waals surface area contributed by atoms with E-state index in [1.54, 1.807) is 48.7 Å². The predicted molar refractivity (Wildman–Crippen MR) is 128 cm³/mol. The van der Waals surface area contributed by atoms with Crippen LogP contribution in [0.1, 0.15) is 22.7 Å². The highest BCUT2D eigenvalue weighted by atomic mass is 16.5. The van der Waals surface area contributed by atoms with Crippen LogP contribution in [0.4, 0.5) is 10.6 Å². The molecule has 4 rings (SSSR count). The second-order valence-corrected chi connectivity index (χ2v) is 8.21. The van der Waals surface area contributed by atoms with Crippen molar-refractivity contribution in [1.82, 2.24) is 20.2 Å². The first kappa shape index (κ1) is 24.5. The van der Waals surface area contributed by atoms with Gasteiger partial charge < -0.3 is 25.6 Å². The molecule has 0 saturated carbocycles. The summed E-state index contributed by atoms with van der Waals surface area (Å²) < 4.78 is 10.6. The van der Waals surface area contributed by atoms with Crippen molar-refractivity contribution in [3.05, 3.63) is 77.7 Å². The Labute approximate surface area is 206 Å². The van der Waals surface area contributed by atoms with Crippen LogP contribution < -0.4 is 20.5 Å². The number of aromatic nitrogens is 2. The SMILES string of the molecule is COc1cccc(C(NC(=O)N2C(=O)[C@H](Cc3ccnc(N)c3)[C@H]2C(=O)O)c2cncc(OC)c2)c1. The van der Waals surface area contributed by atoms with E-state index in [4.69, 9.17) is 15.2 Å². The number of imide groups is 1. The summed E-state index contributed by atoms with van der Waals surface area (Å²) in [6.07, 6.45) is 4.67. The first-order chi connectivity index (χ1) is 17.3. The standard InChI is InChI=1S/C25H25N5O6/c1-35-17-5-3-4-15(10-17)21(16-11-18(36-2)13-27-12-16)29-25(34)30-22(24(32)33)19(23(30)31)8-14-6-7-28-20(26)9-14/h3-7,9-13,19,21-22H,8H2,1-2H3,(H2,26,28)(H,29,34)(H,32,33)/t19-,21?,22+/m1/s1. The number of nitrogen functional groups attached to an aromatic ring is 1. The molecule has 1 unspecified atom stereocenters. The molecule has 3 heterocycles. The smallest absolute Gasteiger partial charge is 0.327 e. The molecule has 1 aromatic carbocycles. The molecule has 36 heavy (non-hydrogen) atoms. The van der Waals surface area contributed by atoms with Crippen molar-refractivity contribution in [3.63, 3.8) is 0 Å². The van der Waals surface area contributed by atoms with Gasteiger partial charge in [-0.2, -0.15) is 0 Å². The van der Waals surface area contributed by atoms with Crippen LogP contribution in [-0.2, 0) is 16.0 Å². The first-order valence-electron chi connectivity index (χ1n) is 11.0. The Hall–Kier alpha value is -4.67. The molecule has 4 N–H and O–H groups in total. The number of carbonyl (C=O) groups excluding carboxylic acids is 2. The lowest BCUT2D eigenvalue weighted by Gasteiger charge is -2.43. The summed E-state index contributed by atoms with van der Waals surface area (Å²) >= 11 is 0. The van der Waals surface area contributed by atoms with Gasteiger partial charge in [0.2, 0.25) is 5.91 Å². The zero-order valence-electron chi connectivity index (χ0n) is 19.6. The van der Waals surface area contributed by atoms with E-state index in [9.17, 15) is 19.5 Å². The minimum Gasteiger partial charge on any atom is -0.497 e. The number of aliphatic carboxylic acids is 1. The number of nitrogens with zero attached hydrogens (tertiary/aromatic N) is 3. The zero-order chi connectivity index (χ0) is 25.8. The zero-order valence-corrected chi connectivity index (χ0v) is 19.6. The van der Waals surface area contributed by atoms with Gasteiger partial charge in [-0.1, -0.05) is 12.1 Å². The second kappa shape index (κ2) is 10.3. The van der Waals surface area contributed by atoms with Crippen molar-refractivity contribution in [2.24, 2.45) is 5.92 Å². The van der Waals surface area contributed by atoms with Gasteiger partial charge in [-0.05, 0) is 47.9 Å². The number of methoxy groups -OCH3 is 2. The van der Waals surface area contributed by atoms with Gasteiger partial charge in [-0.3, -0.25) is 9.78 Å². The molecule has 11 heteroatoms. The van der Waals surface area contributed by atoms with Crippen molar-refractivity contribution >= 4 is 23.7 Å². The monoisotopic (exact) mass is 491 g/mol. The number of urea groups is 1. The maximum absolute atomic E-state index is 13.3. The molecule has 1 aliphatic heterocycles. The van der Waals surface area contributed by atoms with Crippen molar-refractivity contribution in [1.29, 1.82) is 0 Å².